The lowest BCUT2D eigenvalue weighted by molar-refractivity contribution is -0.140. The van der Waals surface area contributed by atoms with Crippen LogP contribution in [0.2, 0.25) is 0 Å². The Morgan fingerprint density at radius 2 is 1.86 bits per heavy atom. The number of rotatable bonds is 4. The van der Waals surface area contributed by atoms with Crippen molar-refractivity contribution in [3.63, 3.8) is 0 Å². The molecule has 2 aromatic rings. The standard InChI is InChI=1S/C14H13N3O4/c18-11(10-7-15-13(21)17-10)16-9-3-1-8(2-4-9)14(5-6-14)12(19)20/h1-4,7H,5-6H2,(H,16,18)(H,19,20)(H2,15,17,21). The van der Waals surface area contributed by atoms with Crippen LogP contribution in [0.1, 0.15) is 28.9 Å². The predicted molar refractivity (Wildman–Crippen MR) is 74.4 cm³/mol. The molecule has 21 heavy (non-hydrogen) atoms. The third-order valence-corrected chi connectivity index (χ3v) is 3.70. The minimum atomic E-state index is -0.816. The Hall–Kier alpha value is -2.83. The van der Waals surface area contributed by atoms with E-state index in [0.29, 0.717) is 18.5 Å². The highest BCUT2D eigenvalue weighted by molar-refractivity contribution is 6.02. The van der Waals surface area contributed by atoms with E-state index in [1.165, 1.54) is 6.20 Å². The summed E-state index contributed by atoms with van der Waals surface area (Å²) in [4.78, 5) is 38.7. The lowest BCUT2D eigenvalue weighted by Gasteiger charge is -2.11. The molecule has 7 nitrogen and oxygen atoms in total. The number of hydrogen-bond acceptors (Lipinski definition) is 3. The summed E-state index contributed by atoms with van der Waals surface area (Å²) in [5, 5.41) is 11.8. The number of carbonyl (C=O) groups is 2. The molecule has 0 spiro atoms. The van der Waals surface area contributed by atoms with E-state index in [0.717, 1.165) is 5.56 Å². The first-order valence-electron chi connectivity index (χ1n) is 6.44. The molecule has 0 bridgehead atoms. The zero-order valence-corrected chi connectivity index (χ0v) is 11.0. The molecule has 1 amide bonds. The third-order valence-electron chi connectivity index (χ3n) is 3.70. The topological polar surface area (TPSA) is 115 Å². The number of aliphatic carboxylic acids is 1. The summed E-state index contributed by atoms with van der Waals surface area (Å²) in [6, 6.07) is 6.72. The molecule has 1 aliphatic rings. The second kappa shape index (κ2) is 4.62. The quantitative estimate of drug-likeness (QED) is 0.673. The molecule has 0 unspecified atom stereocenters. The molecular formula is C14H13N3O4. The summed E-state index contributed by atoms with van der Waals surface area (Å²) in [5.41, 5.74) is 0.199. The van der Waals surface area contributed by atoms with Crippen LogP contribution in [-0.2, 0) is 10.2 Å². The van der Waals surface area contributed by atoms with Crippen molar-refractivity contribution in [3.8, 4) is 0 Å². The van der Waals surface area contributed by atoms with E-state index in [-0.39, 0.29) is 5.69 Å². The first-order valence-corrected chi connectivity index (χ1v) is 6.44. The summed E-state index contributed by atoms with van der Waals surface area (Å²) in [6.45, 7) is 0. The van der Waals surface area contributed by atoms with Crippen LogP contribution >= 0.6 is 0 Å². The zero-order chi connectivity index (χ0) is 15.0. The minimum Gasteiger partial charge on any atom is -0.481 e. The van der Waals surface area contributed by atoms with Gasteiger partial charge in [-0.25, -0.2) is 4.79 Å². The van der Waals surface area contributed by atoms with Crippen LogP contribution < -0.4 is 11.0 Å². The average Bonchev–Trinajstić information content (AvgIpc) is 3.16. The molecule has 108 valence electrons. The highest BCUT2D eigenvalue weighted by Crippen LogP contribution is 2.48. The van der Waals surface area contributed by atoms with Crippen LogP contribution in [0, 0.1) is 0 Å². The molecule has 1 heterocycles. The highest BCUT2D eigenvalue weighted by Gasteiger charge is 2.51. The number of carbonyl (C=O) groups excluding carboxylic acids is 1. The van der Waals surface area contributed by atoms with E-state index in [4.69, 9.17) is 0 Å². The van der Waals surface area contributed by atoms with Gasteiger partial charge in [0.1, 0.15) is 5.69 Å². The molecule has 3 rings (SSSR count). The van der Waals surface area contributed by atoms with Gasteiger partial charge in [0.05, 0.1) is 5.41 Å². The summed E-state index contributed by atoms with van der Waals surface area (Å²) < 4.78 is 0. The fraction of sp³-hybridized carbons (Fsp3) is 0.214. The van der Waals surface area contributed by atoms with Gasteiger partial charge in [-0.15, -0.1) is 0 Å². The van der Waals surface area contributed by atoms with E-state index >= 15 is 0 Å². The number of amides is 1. The molecule has 0 atom stereocenters. The van der Waals surface area contributed by atoms with E-state index in [1.54, 1.807) is 24.3 Å². The monoisotopic (exact) mass is 287 g/mol. The van der Waals surface area contributed by atoms with Gasteiger partial charge in [0.2, 0.25) is 0 Å². The molecule has 0 radical (unpaired) electrons. The normalized spacial score (nSPS) is 15.4. The summed E-state index contributed by atoms with van der Waals surface area (Å²) in [6.07, 6.45) is 2.56. The van der Waals surface area contributed by atoms with Crippen molar-refractivity contribution >= 4 is 17.6 Å². The average molecular weight is 287 g/mol. The maximum absolute atomic E-state index is 11.8. The largest absolute Gasteiger partial charge is 0.481 e. The van der Waals surface area contributed by atoms with Crippen LogP contribution in [0.15, 0.2) is 35.3 Å². The van der Waals surface area contributed by atoms with Crippen molar-refractivity contribution in [1.29, 1.82) is 0 Å². The van der Waals surface area contributed by atoms with Crippen molar-refractivity contribution in [2.24, 2.45) is 0 Å². The summed E-state index contributed by atoms with van der Waals surface area (Å²) >= 11 is 0. The number of carboxylic acids is 1. The number of anilines is 1. The molecule has 1 fully saturated rings. The molecule has 7 heteroatoms. The van der Waals surface area contributed by atoms with Gasteiger partial charge in [-0.05, 0) is 30.5 Å². The first kappa shape index (κ1) is 13.2. The van der Waals surface area contributed by atoms with Crippen molar-refractivity contribution in [2.75, 3.05) is 5.32 Å². The fourth-order valence-corrected chi connectivity index (χ4v) is 2.28. The zero-order valence-electron chi connectivity index (χ0n) is 11.0. The molecule has 0 aliphatic heterocycles. The van der Waals surface area contributed by atoms with E-state index < -0.39 is 23.0 Å². The van der Waals surface area contributed by atoms with Gasteiger partial charge in [0.25, 0.3) is 5.91 Å². The van der Waals surface area contributed by atoms with E-state index in [1.807, 2.05) is 0 Å². The number of carboxylic acid groups (broad SMARTS) is 1. The number of hydrogen-bond donors (Lipinski definition) is 4. The Morgan fingerprint density at radius 3 is 2.33 bits per heavy atom. The van der Waals surface area contributed by atoms with Crippen LogP contribution in [0.25, 0.3) is 0 Å². The first-order chi connectivity index (χ1) is 10.0. The minimum absolute atomic E-state index is 0.133. The Labute approximate surface area is 119 Å². The van der Waals surface area contributed by atoms with Gasteiger partial charge < -0.3 is 20.4 Å². The Bertz CT molecular complexity index is 753. The van der Waals surface area contributed by atoms with Gasteiger partial charge >= 0.3 is 11.7 Å². The predicted octanol–water partition coefficient (Wildman–Crippen LogP) is 1.07. The van der Waals surface area contributed by atoms with Crippen LogP contribution in [0.5, 0.6) is 0 Å². The lowest BCUT2D eigenvalue weighted by Crippen LogP contribution is -2.19. The van der Waals surface area contributed by atoms with Crippen molar-refractivity contribution in [1.82, 2.24) is 9.97 Å². The van der Waals surface area contributed by atoms with Crippen molar-refractivity contribution < 1.29 is 14.7 Å². The number of aromatic nitrogens is 2. The summed E-state index contributed by atoms with van der Waals surface area (Å²) in [5.74, 6) is -1.26. The maximum atomic E-state index is 11.8. The van der Waals surface area contributed by atoms with Crippen LogP contribution in [-0.4, -0.2) is 27.0 Å². The second-order valence-electron chi connectivity index (χ2n) is 5.08. The maximum Gasteiger partial charge on any atom is 0.323 e. The van der Waals surface area contributed by atoms with Crippen LogP contribution in [0.4, 0.5) is 5.69 Å². The molecular weight excluding hydrogens is 274 g/mol. The molecule has 1 aliphatic carbocycles. The second-order valence-corrected chi connectivity index (χ2v) is 5.08. The molecule has 1 saturated carbocycles. The number of benzene rings is 1. The number of nitrogens with one attached hydrogen (secondary N) is 3. The number of imidazole rings is 1. The van der Waals surface area contributed by atoms with Gasteiger partial charge in [0, 0.05) is 11.9 Å². The van der Waals surface area contributed by atoms with Gasteiger partial charge in [0.15, 0.2) is 0 Å². The number of aromatic amines is 2. The Morgan fingerprint density at radius 1 is 1.19 bits per heavy atom. The Kier molecular flexibility index (Phi) is 2.90. The van der Waals surface area contributed by atoms with Crippen molar-refractivity contribution in [2.45, 2.75) is 18.3 Å². The van der Waals surface area contributed by atoms with E-state index in [2.05, 4.69) is 15.3 Å². The highest BCUT2D eigenvalue weighted by atomic mass is 16.4. The molecule has 1 aromatic heterocycles. The van der Waals surface area contributed by atoms with Crippen LogP contribution in [0.3, 0.4) is 0 Å². The van der Waals surface area contributed by atoms with E-state index in [9.17, 15) is 19.5 Å². The number of H-pyrrole nitrogens is 2. The smallest absolute Gasteiger partial charge is 0.323 e. The van der Waals surface area contributed by atoms with Crippen molar-refractivity contribution in [3.05, 3.63) is 52.2 Å². The summed E-state index contributed by atoms with van der Waals surface area (Å²) in [7, 11) is 0. The molecule has 0 saturated heterocycles. The lowest BCUT2D eigenvalue weighted by atomic mass is 9.96. The van der Waals surface area contributed by atoms with Gasteiger partial charge in [-0.3, -0.25) is 9.59 Å². The third kappa shape index (κ3) is 2.33. The fourth-order valence-electron chi connectivity index (χ4n) is 2.28. The van der Waals surface area contributed by atoms with Gasteiger partial charge in [-0.2, -0.15) is 0 Å². The SMILES string of the molecule is O=C(Nc1ccc(C2(C(=O)O)CC2)cc1)c1c[nH]c(=O)[nH]1. The van der Waals surface area contributed by atoms with Gasteiger partial charge in [-0.1, -0.05) is 12.1 Å². The Balaban J connectivity index is 1.75. The molecule has 4 N–H and O–H groups in total. The molecule has 1 aromatic carbocycles.